The predicted molar refractivity (Wildman–Crippen MR) is 126 cm³/mol. The standard InChI is InChI=1S/C22H26N3O10P/c1-13-11-25(22(29)23-19(13)26)18-10-9-17(34-18)12-33-36(30,24-14(2)20(27)31-3)35-16-7-5-15(6-8-16)21(28)32-4/h5-11,14,17-18H,12H2,1-4H3,(H,24,30)(H,23,26,29)/t14-,17-,18+,36?/m0/s1. The van der Waals surface area contributed by atoms with Crippen LogP contribution in [0.4, 0.5) is 0 Å². The highest BCUT2D eigenvalue weighted by Gasteiger charge is 2.34. The molecule has 14 heteroatoms. The molecule has 1 unspecified atom stereocenters. The Balaban J connectivity index is 1.72. The fourth-order valence-corrected chi connectivity index (χ4v) is 4.66. The number of H-pyrrole nitrogens is 1. The number of aryl methyl sites for hydroxylation is 1. The normalized spacial score (nSPS) is 19.3. The number of benzene rings is 1. The Morgan fingerprint density at radius 3 is 2.50 bits per heavy atom. The lowest BCUT2D eigenvalue weighted by atomic mass is 10.2. The molecule has 0 saturated carbocycles. The molecule has 0 amide bonds. The van der Waals surface area contributed by atoms with Gasteiger partial charge in [0.2, 0.25) is 0 Å². The van der Waals surface area contributed by atoms with Crippen LogP contribution in [0.3, 0.4) is 0 Å². The van der Waals surface area contributed by atoms with Gasteiger partial charge in [-0.05, 0) is 44.2 Å². The Bertz CT molecular complexity index is 1300. The van der Waals surface area contributed by atoms with Crippen LogP contribution in [0.25, 0.3) is 0 Å². The molecule has 2 heterocycles. The summed E-state index contributed by atoms with van der Waals surface area (Å²) in [5.41, 5.74) is -0.579. The first kappa shape index (κ1) is 27.1. The van der Waals surface area contributed by atoms with Crippen LogP contribution in [0.1, 0.15) is 29.1 Å². The molecule has 1 aliphatic heterocycles. The number of aromatic amines is 1. The predicted octanol–water partition coefficient (Wildman–Crippen LogP) is 1.44. The van der Waals surface area contributed by atoms with Gasteiger partial charge in [-0.1, -0.05) is 6.08 Å². The second-order valence-electron chi connectivity index (χ2n) is 7.70. The first-order valence-corrected chi connectivity index (χ1v) is 12.2. The van der Waals surface area contributed by atoms with E-state index in [2.05, 4.69) is 19.5 Å². The van der Waals surface area contributed by atoms with Crippen LogP contribution in [0, 0.1) is 6.92 Å². The first-order valence-electron chi connectivity index (χ1n) is 10.7. The summed E-state index contributed by atoms with van der Waals surface area (Å²) >= 11 is 0. The molecule has 0 bridgehead atoms. The van der Waals surface area contributed by atoms with Crippen molar-refractivity contribution >= 4 is 19.7 Å². The van der Waals surface area contributed by atoms with Crippen LogP contribution < -0.4 is 20.9 Å². The summed E-state index contributed by atoms with van der Waals surface area (Å²) in [7, 11) is -1.76. The summed E-state index contributed by atoms with van der Waals surface area (Å²) in [6.45, 7) is 2.69. The third-order valence-electron chi connectivity index (χ3n) is 5.04. The van der Waals surface area contributed by atoms with E-state index in [0.29, 0.717) is 5.56 Å². The number of carbonyl (C=O) groups is 2. The van der Waals surface area contributed by atoms with Gasteiger partial charge >= 0.3 is 25.4 Å². The molecule has 13 nitrogen and oxygen atoms in total. The molecule has 0 radical (unpaired) electrons. The van der Waals surface area contributed by atoms with Gasteiger partial charge in [0.15, 0.2) is 6.23 Å². The molecule has 1 aromatic carbocycles. The SMILES string of the molecule is COC(=O)c1ccc(OP(=O)(N[C@@H](C)C(=O)OC)OC[C@@H]2C=C[C@H](n3cc(C)c(=O)[nH]c3=O)O2)cc1. The van der Waals surface area contributed by atoms with Crippen LogP contribution in [0.5, 0.6) is 5.75 Å². The van der Waals surface area contributed by atoms with Crippen LogP contribution in [0.15, 0.2) is 52.2 Å². The molecule has 4 atom stereocenters. The average molecular weight is 523 g/mol. The van der Waals surface area contributed by atoms with E-state index in [-0.39, 0.29) is 17.9 Å². The third kappa shape index (κ3) is 6.58. The van der Waals surface area contributed by atoms with Crippen LogP contribution in [-0.2, 0) is 28.1 Å². The van der Waals surface area contributed by atoms with E-state index >= 15 is 0 Å². The molecule has 3 rings (SSSR count). The molecule has 1 aliphatic rings. The van der Waals surface area contributed by atoms with Gasteiger partial charge in [0, 0.05) is 11.8 Å². The minimum absolute atomic E-state index is 0.0894. The van der Waals surface area contributed by atoms with Gasteiger partial charge < -0.3 is 18.7 Å². The number of rotatable bonds is 10. The number of methoxy groups -OCH3 is 2. The number of hydrogen-bond donors (Lipinski definition) is 2. The van der Waals surface area contributed by atoms with Crippen molar-refractivity contribution in [2.45, 2.75) is 32.2 Å². The van der Waals surface area contributed by atoms with Crippen molar-refractivity contribution in [3.05, 3.63) is 74.6 Å². The monoisotopic (exact) mass is 523 g/mol. The van der Waals surface area contributed by atoms with E-state index in [4.69, 9.17) is 13.8 Å². The maximum Gasteiger partial charge on any atom is 0.459 e. The number of ether oxygens (including phenoxy) is 3. The summed E-state index contributed by atoms with van der Waals surface area (Å²) < 4.78 is 40.8. The van der Waals surface area contributed by atoms with Crippen molar-refractivity contribution in [2.24, 2.45) is 0 Å². The highest BCUT2D eigenvalue weighted by Crippen LogP contribution is 2.45. The summed E-state index contributed by atoms with van der Waals surface area (Å²) in [6, 6.07) is 4.55. The van der Waals surface area contributed by atoms with E-state index in [1.807, 2.05) is 0 Å². The largest absolute Gasteiger partial charge is 0.468 e. The lowest BCUT2D eigenvalue weighted by molar-refractivity contribution is -0.142. The van der Waals surface area contributed by atoms with Crippen molar-refractivity contribution in [3.63, 3.8) is 0 Å². The first-order chi connectivity index (χ1) is 17.0. The van der Waals surface area contributed by atoms with Crippen molar-refractivity contribution in [1.82, 2.24) is 14.6 Å². The zero-order valence-corrected chi connectivity index (χ0v) is 20.9. The van der Waals surface area contributed by atoms with Crippen LogP contribution >= 0.6 is 7.75 Å². The number of aromatic nitrogens is 2. The molecular weight excluding hydrogens is 497 g/mol. The molecule has 0 saturated heterocycles. The molecule has 0 spiro atoms. The minimum Gasteiger partial charge on any atom is -0.468 e. The second kappa shape index (κ2) is 11.5. The van der Waals surface area contributed by atoms with Gasteiger partial charge in [-0.3, -0.25) is 23.7 Å². The molecule has 2 N–H and O–H groups in total. The quantitative estimate of drug-likeness (QED) is 0.263. The lowest BCUT2D eigenvalue weighted by Crippen LogP contribution is -2.35. The molecule has 36 heavy (non-hydrogen) atoms. The van der Waals surface area contributed by atoms with Gasteiger partial charge in [0.25, 0.3) is 5.56 Å². The van der Waals surface area contributed by atoms with E-state index < -0.39 is 49.3 Å². The van der Waals surface area contributed by atoms with Gasteiger partial charge in [0.05, 0.1) is 26.4 Å². The Labute approximate surface area is 205 Å². The lowest BCUT2D eigenvalue weighted by Gasteiger charge is -2.24. The number of nitrogens with one attached hydrogen (secondary N) is 2. The second-order valence-corrected chi connectivity index (χ2v) is 9.40. The molecule has 2 aromatic rings. The van der Waals surface area contributed by atoms with E-state index in [1.54, 1.807) is 19.1 Å². The van der Waals surface area contributed by atoms with Gasteiger partial charge in [-0.25, -0.2) is 14.2 Å². The van der Waals surface area contributed by atoms with Gasteiger partial charge in [-0.2, -0.15) is 5.09 Å². The Morgan fingerprint density at radius 2 is 1.86 bits per heavy atom. The number of nitrogens with zero attached hydrogens (tertiary/aromatic N) is 1. The highest BCUT2D eigenvalue weighted by atomic mass is 31.2. The maximum absolute atomic E-state index is 13.5. The van der Waals surface area contributed by atoms with Crippen molar-refractivity contribution in [3.8, 4) is 5.75 Å². The summed E-state index contributed by atoms with van der Waals surface area (Å²) in [5.74, 6) is -1.17. The zero-order valence-electron chi connectivity index (χ0n) is 20.0. The Kier molecular flexibility index (Phi) is 8.64. The fraction of sp³-hybridized carbons (Fsp3) is 0.364. The van der Waals surface area contributed by atoms with Crippen LogP contribution in [-0.4, -0.2) is 54.5 Å². The van der Waals surface area contributed by atoms with E-state index in [0.717, 1.165) is 0 Å². The third-order valence-corrected chi connectivity index (χ3v) is 6.68. The Morgan fingerprint density at radius 1 is 1.17 bits per heavy atom. The molecule has 194 valence electrons. The van der Waals surface area contributed by atoms with E-state index in [1.165, 1.54) is 56.2 Å². The molecular formula is C22H26N3O10P. The smallest absolute Gasteiger partial charge is 0.459 e. The fourth-order valence-electron chi connectivity index (χ4n) is 3.15. The zero-order chi connectivity index (χ0) is 26.5. The van der Waals surface area contributed by atoms with Crippen molar-refractivity contribution in [2.75, 3.05) is 20.8 Å². The number of esters is 2. The van der Waals surface area contributed by atoms with Gasteiger partial charge in [0.1, 0.15) is 17.9 Å². The molecule has 0 aliphatic carbocycles. The minimum atomic E-state index is -4.18. The average Bonchev–Trinajstić information content (AvgIpc) is 3.33. The highest BCUT2D eigenvalue weighted by molar-refractivity contribution is 7.52. The molecule has 1 aromatic heterocycles. The molecule has 0 fully saturated rings. The van der Waals surface area contributed by atoms with Crippen molar-refractivity contribution < 1.29 is 37.4 Å². The van der Waals surface area contributed by atoms with Crippen LogP contribution in [0.2, 0.25) is 0 Å². The van der Waals surface area contributed by atoms with Gasteiger partial charge in [-0.15, -0.1) is 0 Å². The number of carbonyl (C=O) groups excluding carboxylic acids is 2. The summed E-state index contributed by atoms with van der Waals surface area (Å²) in [4.78, 5) is 49.4. The summed E-state index contributed by atoms with van der Waals surface area (Å²) in [5, 5.41) is 2.50. The maximum atomic E-state index is 13.5. The summed E-state index contributed by atoms with van der Waals surface area (Å²) in [6.07, 6.45) is 2.98. The van der Waals surface area contributed by atoms with E-state index in [9.17, 15) is 23.7 Å². The Hall–Kier alpha value is -3.51. The topological polar surface area (TPSA) is 164 Å². The number of hydrogen-bond acceptors (Lipinski definition) is 10. The van der Waals surface area contributed by atoms with Crippen molar-refractivity contribution in [1.29, 1.82) is 0 Å².